The molecule has 21 heavy (non-hydrogen) atoms. The molecule has 0 unspecified atom stereocenters. The number of carbonyl (C=O) groups is 1. The van der Waals surface area contributed by atoms with Gasteiger partial charge in [-0.1, -0.05) is 12.1 Å². The second kappa shape index (κ2) is 6.97. The molecule has 0 heterocycles. The van der Waals surface area contributed by atoms with E-state index >= 15 is 0 Å². The number of allylic oxidation sites excluding steroid dienone is 1. The molecule has 0 spiro atoms. The Morgan fingerprint density at radius 1 is 1.19 bits per heavy atom. The molecule has 0 aliphatic heterocycles. The molecule has 1 N–H and O–H groups in total. The molecule has 1 aliphatic carbocycles. The second-order valence-electron chi connectivity index (χ2n) is 4.95. The van der Waals surface area contributed by atoms with Gasteiger partial charge in [0.05, 0.1) is 19.8 Å². The van der Waals surface area contributed by atoms with Gasteiger partial charge in [-0.05, 0) is 55.0 Å². The van der Waals surface area contributed by atoms with Gasteiger partial charge in [-0.3, -0.25) is 0 Å². The van der Waals surface area contributed by atoms with Crippen LogP contribution >= 0.6 is 0 Å². The van der Waals surface area contributed by atoms with Crippen LogP contribution in [0.4, 0.5) is 0 Å². The minimum atomic E-state index is -0.891. The summed E-state index contributed by atoms with van der Waals surface area (Å²) in [6, 6.07) is 5.39. The van der Waals surface area contributed by atoms with Crippen LogP contribution < -0.4 is 9.47 Å². The molecule has 2 rings (SSSR count). The SMILES string of the molecule is COc1ccc(/C=C(/C(=O)O)C2=CCCCC2)cc1OC. The lowest BCUT2D eigenvalue weighted by Crippen LogP contribution is -2.06. The van der Waals surface area contributed by atoms with Crippen LogP contribution in [0.1, 0.15) is 31.2 Å². The normalized spacial score (nSPS) is 15.3. The summed E-state index contributed by atoms with van der Waals surface area (Å²) in [5.74, 6) is 0.329. The highest BCUT2D eigenvalue weighted by Gasteiger charge is 2.15. The average Bonchev–Trinajstić information content (AvgIpc) is 2.52. The summed E-state index contributed by atoms with van der Waals surface area (Å²) in [6.45, 7) is 0. The second-order valence-corrected chi connectivity index (χ2v) is 4.95. The number of ether oxygens (including phenoxy) is 2. The summed E-state index contributed by atoms with van der Waals surface area (Å²) < 4.78 is 10.4. The minimum absolute atomic E-state index is 0.363. The lowest BCUT2D eigenvalue weighted by molar-refractivity contribution is -0.132. The lowest BCUT2D eigenvalue weighted by Gasteiger charge is -2.14. The van der Waals surface area contributed by atoms with Gasteiger partial charge < -0.3 is 14.6 Å². The Labute approximate surface area is 124 Å². The first-order chi connectivity index (χ1) is 10.2. The molecule has 0 aromatic heterocycles. The van der Waals surface area contributed by atoms with E-state index in [0.29, 0.717) is 17.1 Å². The van der Waals surface area contributed by atoms with E-state index in [1.165, 1.54) is 0 Å². The van der Waals surface area contributed by atoms with Crippen LogP contribution in [0.5, 0.6) is 11.5 Å². The molecule has 0 fully saturated rings. The molecule has 0 radical (unpaired) electrons. The third-order valence-corrected chi connectivity index (χ3v) is 3.59. The first-order valence-corrected chi connectivity index (χ1v) is 7.02. The highest BCUT2D eigenvalue weighted by molar-refractivity contribution is 5.97. The predicted molar refractivity (Wildman–Crippen MR) is 81.7 cm³/mol. The van der Waals surface area contributed by atoms with Gasteiger partial charge in [0.2, 0.25) is 0 Å². The standard InChI is InChI=1S/C17H20O4/c1-20-15-9-8-12(11-16(15)21-2)10-14(17(18)19)13-6-4-3-5-7-13/h6,8-11H,3-5,7H2,1-2H3,(H,18,19)/b14-10+. The summed E-state index contributed by atoms with van der Waals surface area (Å²) in [6.07, 6.45) is 7.68. The molecular formula is C17H20O4. The first-order valence-electron chi connectivity index (χ1n) is 7.02. The van der Waals surface area contributed by atoms with Crippen LogP contribution in [-0.2, 0) is 4.79 Å². The minimum Gasteiger partial charge on any atom is -0.493 e. The average molecular weight is 288 g/mol. The van der Waals surface area contributed by atoms with Gasteiger partial charge >= 0.3 is 5.97 Å². The highest BCUT2D eigenvalue weighted by atomic mass is 16.5. The number of hydrogen-bond acceptors (Lipinski definition) is 3. The van der Waals surface area contributed by atoms with Crippen LogP contribution in [-0.4, -0.2) is 25.3 Å². The fourth-order valence-electron chi connectivity index (χ4n) is 2.48. The summed E-state index contributed by atoms with van der Waals surface area (Å²) in [4.78, 5) is 11.5. The molecule has 0 amide bonds. The molecule has 0 saturated heterocycles. The van der Waals surface area contributed by atoms with Gasteiger partial charge in [0, 0.05) is 0 Å². The quantitative estimate of drug-likeness (QED) is 0.840. The van der Waals surface area contributed by atoms with Crippen molar-refractivity contribution in [3.63, 3.8) is 0 Å². The molecule has 112 valence electrons. The van der Waals surface area contributed by atoms with E-state index in [-0.39, 0.29) is 0 Å². The topological polar surface area (TPSA) is 55.8 Å². The zero-order valence-corrected chi connectivity index (χ0v) is 12.4. The number of rotatable bonds is 5. The maximum absolute atomic E-state index is 11.5. The van der Waals surface area contributed by atoms with Crippen molar-refractivity contribution in [2.45, 2.75) is 25.7 Å². The van der Waals surface area contributed by atoms with E-state index in [1.807, 2.05) is 12.1 Å². The van der Waals surface area contributed by atoms with E-state index < -0.39 is 5.97 Å². The number of carboxylic acids is 1. The smallest absolute Gasteiger partial charge is 0.335 e. The third kappa shape index (κ3) is 3.66. The number of carboxylic acid groups (broad SMARTS) is 1. The molecule has 1 aliphatic rings. The van der Waals surface area contributed by atoms with Crippen LogP contribution in [0.15, 0.2) is 35.4 Å². The molecule has 0 bridgehead atoms. The number of methoxy groups -OCH3 is 2. The van der Waals surface area contributed by atoms with Gasteiger partial charge in [0.25, 0.3) is 0 Å². The van der Waals surface area contributed by atoms with Crippen LogP contribution in [0.25, 0.3) is 6.08 Å². The van der Waals surface area contributed by atoms with Gasteiger partial charge in [-0.25, -0.2) is 4.79 Å². The van der Waals surface area contributed by atoms with Crippen LogP contribution in [0, 0.1) is 0 Å². The van der Waals surface area contributed by atoms with Gasteiger partial charge in [-0.2, -0.15) is 0 Å². The predicted octanol–water partition coefficient (Wildman–Crippen LogP) is 3.67. The third-order valence-electron chi connectivity index (χ3n) is 3.59. The van der Waals surface area contributed by atoms with E-state index in [4.69, 9.17) is 9.47 Å². The largest absolute Gasteiger partial charge is 0.493 e. The van der Waals surface area contributed by atoms with E-state index in [0.717, 1.165) is 36.8 Å². The Bertz CT molecular complexity index is 584. The first kappa shape index (κ1) is 15.2. The molecule has 0 atom stereocenters. The maximum Gasteiger partial charge on any atom is 0.335 e. The van der Waals surface area contributed by atoms with Gasteiger partial charge in [0.15, 0.2) is 11.5 Å². The number of aliphatic carboxylic acids is 1. The Morgan fingerprint density at radius 3 is 2.52 bits per heavy atom. The van der Waals surface area contributed by atoms with E-state index in [9.17, 15) is 9.90 Å². The lowest BCUT2D eigenvalue weighted by atomic mass is 9.92. The number of benzene rings is 1. The molecule has 1 aromatic carbocycles. The molecular weight excluding hydrogens is 268 g/mol. The van der Waals surface area contributed by atoms with Crippen molar-refractivity contribution in [3.05, 3.63) is 41.0 Å². The van der Waals surface area contributed by atoms with Crippen molar-refractivity contribution < 1.29 is 19.4 Å². The highest BCUT2D eigenvalue weighted by Crippen LogP contribution is 2.30. The van der Waals surface area contributed by atoms with Gasteiger partial charge in [0.1, 0.15) is 0 Å². The summed E-state index contributed by atoms with van der Waals surface area (Å²) in [5.41, 5.74) is 2.07. The number of hydrogen-bond donors (Lipinski definition) is 1. The molecule has 0 saturated carbocycles. The van der Waals surface area contributed by atoms with Crippen LogP contribution in [0.3, 0.4) is 0 Å². The van der Waals surface area contributed by atoms with E-state index in [2.05, 4.69) is 0 Å². The fourth-order valence-corrected chi connectivity index (χ4v) is 2.48. The summed E-state index contributed by atoms with van der Waals surface area (Å²) in [7, 11) is 3.13. The Hall–Kier alpha value is -2.23. The fraction of sp³-hybridized carbons (Fsp3) is 0.353. The zero-order chi connectivity index (χ0) is 15.2. The maximum atomic E-state index is 11.5. The van der Waals surface area contributed by atoms with Gasteiger partial charge in [-0.15, -0.1) is 0 Å². The molecule has 4 heteroatoms. The van der Waals surface area contributed by atoms with Crippen molar-refractivity contribution in [1.82, 2.24) is 0 Å². The van der Waals surface area contributed by atoms with Crippen molar-refractivity contribution in [2.24, 2.45) is 0 Å². The van der Waals surface area contributed by atoms with E-state index in [1.54, 1.807) is 32.4 Å². The van der Waals surface area contributed by atoms with Crippen LogP contribution in [0.2, 0.25) is 0 Å². The van der Waals surface area contributed by atoms with Crippen molar-refractivity contribution in [2.75, 3.05) is 14.2 Å². The Kier molecular flexibility index (Phi) is 5.04. The molecule has 1 aromatic rings. The Morgan fingerprint density at radius 2 is 1.95 bits per heavy atom. The summed E-state index contributed by atoms with van der Waals surface area (Å²) >= 11 is 0. The van der Waals surface area contributed by atoms with Crippen molar-refractivity contribution in [1.29, 1.82) is 0 Å². The zero-order valence-electron chi connectivity index (χ0n) is 12.4. The van der Waals surface area contributed by atoms with Crippen molar-refractivity contribution in [3.8, 4) is 11.5 Å². The monoisotopic (exact) mass is 288 g/mol. The molecule has 4 nitrogen and oxygen atoms in total. The Balaban J connectivity index is 2.38. The summed E-state index contributed by atoms with van der Waals surface area (Å²) in [5, 5.41) is 9.45. The van der Waals surface area contributed by atoms with Crippen molar-refractivity contribution >= 4 is 12.0 Å².